The summed E-state index contributed by atoms with van der Waals surface area (Å²) in [7, 11) is 0. The van der Waals surface area contributed by atoms with Crippen LogP contribution >= 0.6 is 11.3 Å². The quantitative estimate of drug-likeness (QED) is 0.238. The molecule has 0 saturated heterocycles. The highest BCUT2D eigenvalue weighted by Gasteiger charge is 2.24. The van der Waals surface area contributed by atoms with Crippen molar-refractivity contribution >= 4 is 42.5 Å². The molecule has 0 bridgehead atoms. The highest BCUT2D eigenvalue weighted by molar-refractivity contribution is 7.26. The van der Waals surface area contributed by atoms with Gasteiger partial charge in [0.15, 0.2) is 0 Å². The summed E-state index contributed by atoms with van der Waals surface area (Å²) in [4.78, 5) is 5.12. The molecule has 0 aliphatic carbocycles. The number of aromatic nitrogens is 2. The Balaban J connectivity index is 1.77. The van der Waals surface area contributed by atoms with E-state index in [1.54, 1.807) is 29.5 Å². The van der Waals surface area contributed by atoms with E-state index in [1.165, 1.54) is 6.07 Å². The average Bonchev–Trinajstić information content (AvgIpc) is 3.41. The Kier molecular flexibility index (Phi) is 5.41. The Morgan fingerprint density at radius 2 is 1.47 bits per heavy atom. The molecule has 0 unspecified atom stereocenters. The summed E-state index contributed by atoms with van der Waals surface area (Å²) in [5.74, 6) is 0.586. The minimum absolute atomic E-state index is 0.116. The first-order valence-electron chi connectivity index (χ1n) is 12.3. The second-order valence-electron chi connectivity index (χ2n) is 9.93. The molecule has 0 aliphatic heterocycles. The van der Waals surface area contributed by atoms with Gasteiger partial charge in [-0.15, -0.1) is 11.3 Å². The van der Waals surface area contributed by atoms with Gasteiger partial charge in [0, 0.05) is 25.7 Å². The van der Waals surface area contributed by atoms with Crippen LogP contribution in [-0.2, 0) is 0 Å². The fourth-order valence-electron chi connectivity index (χ4n) is 5.16. The number of nitrogens with zero attached hydrogens (tertiary/aromatic N) is 2. The van der Waals surface area contributed by atoms with Gasteiger partial charge in [0.05, 0.1) is 16.7 Å². The molecule has 0 fully saturated rings. The first-order valence-corrected chi connectivity index (χ1v) is 13.1. The van der Waals surface area contributed by atoms with Gasteiger partial charge in [-0.25, -0.2) is 13.8 Å². The summed E-state index contributed by atoms with van der Waals surface area (Å²) in [6.07, 6.45) is 0. The van der Waals surface area contributed by atoms with Crippen LogP contribution in [0, 0.1) is 11.6 Å². The standard InChI is InChI=1S/C31H26F2N2S/c1-17(2)24-14-20(33)15-25(18(3)4)29(24)35-27-11-6-5-10-26(27)34-31(35)23-9-7-8-22-21-13-12-19(32)16-28(21)36-30(22)23/h5-18H,1-4H3. The summed E-state index contributed by atoms with van der Waals surface area (Å²) in [5.41, 5.74) is 5.74. The Morgan fingerprint density at radius 3 is 2.19 bits per heavy atom. The SMILES string of the molecule is CC(C)c1cc(F)cc(C(C)C)c1-n1c(-c2cccc3c2sc2cc(F)ccc23)nc2ccccc21. The van der Waals surface area contributed by atoms with Crippen LogP contribution in [-0.4, -0.2) is 9.55 Å². The third-order valence-corrected chi connectivity index (χ3v) is 8.07. The molecule has 4 aromatic carbocycles. The van der Waals surface area contributed by atoms with Crippen LogP contribution in [0.1, 0.15) is 50.7 Å². The molecule has 2 heterocycles. The lowest BCUT2D eigenvalue weighted by Gasteiger charge is -2.23. The molecule has 6 rings (SSSR count). The van der Waals surface area contributed by atoms with Crippen LogP contribution in [0.3, 0.4) is 0 Å². The van der Waals surface area contributed by atoms with Crippen molar-refractivity contribution in [3.05, 3.63) is 95.6 Å². The van der Waals surface area contributed by atoms with Gasteiger partial charge in [0.2, 0.25) is 0 Å². The van der Waals surface area contributed by atoms with E-state index in [1.807, 2.05) is 30.3 Å². The molecule has 36 heavy (non-hydrogen) atoms. The average molecular weight is 497 g/mol. The predicted molar refractivity (Wildman–Crippen MR) is 147 cm³/mol. The van der Waals surface area contributed by atoms with Gasteiger partial charge in [-0.3, -0.25) is 4.57 Å². The maximum atomic E-state index is 14.8. The van der Waals surface area contributed by atoms with Gasteiger partial charge < -0.3 is 0 Å². The Morgan fingerprint density at radius 1 is 0.750 bits per heavy atom. The topological polar surface area (TPSA) is 17.8 Å². The first-order chi connectivity index (χ1) is 17.3. The van der Waals surface area contributed by atoms with Crippen LogP contribution in [0.2, 0.25) is 0 Å². The van der Waals surface area contributed by atoms with Gasteiger partial charge in [-0.1, -0.05) is 58.0 Å². The molecule has 2 nitrogen and oxygen atoms in total. The smallest absolute Gasteiger partial charge is 0.147 e. The van der Waals surface area contributed by atoms with Crippen molar-refractivity contribution in [1.82, 2.24) is 9.55 Å². The van der Waals surface area contributed by atoms with E-state index in [2.05, 4.69) is 50.5 Å². The number of hydrogen-bond donors (Lipinski definition) is 0. The van der Waals surface area contributed by atoms with Gasteiger partial charge in [-0.2, -0.15) is 0 Å². The Labute approximate surface area is 212 Å². The van der Waals surface area contributed by atoms with E-state index in [-0.39, 0.29) is 23.5 Å². The van der Waals surface area contributed by atoms with Crippen molar-refractivity contribution < 1.29 is 8.78 Å². The summed E-state index contributed by atoms with van der Waals surface area (Å²) >= 11 is 1.58. The van der Waals surface area contributed by atoms with Crippen molar-refractivity contribution in [2.24, 2.45) is 0 Å². The van der Waals surface area contributed by atoms with E-state index in [9.17, 15) is 8.78 Å². The number of hydrogen-bond acceptors (Lipinski definition) is 2. The van der Waals surface area contributed by atoms with Crippen LogP contribution in [0.5, 0.6) is 0 Å². The summed E-state index contributed by atoms with van der Waals surface area (Å²) in [5, 5.41) is 2.12. The molecule has 0 aliphatic rings. The Hall–Kier alpha value is -3.57. The lowest BCUT2D eigenvalue weighted by atomic mass is 9.92. The predicted octanol–water partition coefficient (Wildman–Crippen LogP) is 9.59. The molecular weight excluding hydrogens is 470 g/mol. The molecule has 6 aromatic rings. The van der Waals surface area contributed by atoms with Crippen LogP contribution in [0.15, 0.2) is 72.8 Å². The summed E-state index contributed by atoms with van der Waals surface area (Å²) in [6, 6.07) is 22.6. The van der Waals surface area contributed by atoms with Gasteiger partial charge in [0.1, 0.15) is 17.5 Å². The van der Waals surface area contributed by atoms with E-state index >= 15 is 0 Å². The van der Waals surface area contributed by atoms with E-state index in [0.29, 0.717) is 0 Å². The number of imidazole rings is 1. The van der Waals surface area contributed by atoms with Crippen LogP contribution < -0.4 is 0 Å². The largest absolute Gasteiger partial charge is 0.292 e. The molecule has 0 atom stereocenters. The number of para-hydroxylation sites is 2. The number of fused-ring (bicyclic) bond motifs is 4. The van der Waals surface area contributed by atoms with Crippen LogP contribution in [0.4, 0.5) is 8.78 Å². The van der Waals surface area contributed by atoms with Crippen molar-refractivity contribution in [2.75, 3.05) is 0 Å². The lowest BCUT2D eigenvalue weighted by molar-refractivity contribution is 0.617. The molecule has 0 spiro atoms. The lowest BCUT2D eigenvalue weighted by Crippen LogP contribution is -2.09. The third kappa shape index (κ3) is 3.53. The van der Waals surface area contributed by atoms with Crippen molar-refractivity contribution in [1.29, 1.82) is 0 Å². The van der Waals surface area contributed by atoms with Crippen molar-refractivity contribution in [2.45, 2.75) is 39.5 Å². The molecule has 0 amide bonds. The monoisotopic (exact) mass is 496 g/mol. The highest BCUT2D eigenvalue weighted by Crippen LogP contribution is 2.43. The van der Waals surface area contributed by atoms with E-state index < -0.39 is 0 Å². The second kappa shape index (κ2) is 8.52. The van der Waals surface area contributed by atoms with Gasteiger partial charge in [0.25, 0.3) is 0 Å². The zero-order valence-corrected chi connectivity index (χ0v) is 21.5. The fraction of sp³-hybridized carbons (Fsp3) is 0.194. The first kappa shape index (κ1) is 22.9. The normalized spacial score (nSPS) is 12.1. The third-order valence-electron chi connectivity index (χ3n) is 6.86. The molecule has 2 aromatic heterocycles. The summed E-state index contributed by atoms with van der Waals surface area (Å²) in [6.45, 7) is 8.40. The van der Waals surface area contributed by atoms with Crippen LogP contribution in [0.25, 0.3) is 48.3 Å². The molecular formula is C31H26F2N2S. The van der Waals surface area contributed by atoms with Gasteiger partial charge >= 0.3 is 0 Å². The Bertz CT molecular complexity index is 1750. The molecule has 0 radical (unpaired) electrons. The van der Waals surface area contributed by atoms with Crippen molar-refractivity contribution in [3.8, 4) is 17.1 Å². The zero-order valence-electron chi connectivity index (χ0n) is 20.6. The number of rotatable bonds is 4. The molecule has 0 saturated carbocycles. The van der Waals surface area contributed by atoms with E-state index in [0.717, 1.165) is 59.4 Å². The maximum absolute atomic E-state index is 14.8. The summed E-state index contributed by atoms with van der Waals surface area (Å²) < 4.78 is 33.0. The molecule has 180 valence electrons. The highest BCUT2D eigenvalue weighted by atomic mass is 32.1. The number of benzene rings is 4. The minimum atomic E-state index is -0.239. The van der Waals surface area contributed by atoms with Gasteiger partial charge in [-0.05, 0) is 65.4 Å². The minimum Gasteiger partial charge on any atom is -0.292 e. The fourth-order valence-corrected chi connectivity index (χ4v) is 6.40. The molecule has 5 heteroatoms. The maximum Gasteiger partial charge on any atom is 0.147 e. The number of thiophene rings is 1. The second-order valence-corrected chi connectivity index (χ2v) is 11.0. The van der Waals surface area contributed by atoms with E-state index in [4.69, 9.17) is 4.98 Å². The molecule has 0 N–H and O–H groups in total. The number of halogens is 2. The zero-order chi connectivity index (χ0) is 25.1. The van der Waals surface area contributed by atoms with Crippen molar-refractivity contribution in [3.63, 3.8) is 0 Å².